The first-order valence-electron chi connectivity index (χ1n) is 6.35. The molecule has 0 saturated heterocycles. The average molecular weight is 347 g/mol. The second kappa shape index (κ2) is 9.82. The molecule has 20 heavy (non-hydrogen) atoms. The number of benzene rings is 1. The molecule has 0 unspecified atom stereocenters. The summed E-state index contributed by atoms with van der Waals surface area (Å²) in [6.45, 7) is 3.30. The monoisotopic (exact) mass is 346 g/mol. The van der Waals surface area contributed by atoms with Gasteiger partial charge >= 0.3 is 0 Å². The van der Waals surface area contributed by atoms with Crippen LogP contribution in [0.2, 0.25) is 0 Å². The highest BCUT2D eigenvalue weighted by atomic mass is 79.9. The van der Waals surface area contributed by atoms with E-state index in [1.165, 1.54) is 0 Å². The number of hydrogen-bond acceptors (Lipinski definition) is 5. The normalized spacial score (nSPS) is 10.7. The summed E-state index contributed by atoms with van der Waals surface area (Å²) < 4.78 is 10.7. The molecule has 1 rings (SSSR count). The summed E-state index contributed by atoms with van der Waals surface area (Å²) in [6, 6.07) is 5.13. The van der Waals surface area contributed by atoms with Gasteiger partial charge in [-0.05, 0) is 40.5 Å². The number of nitro benzene ring substituents is 1. The molecule has 112 valence electrons. The van der Waals surface area contributed by atoms with Crippen LogP contribution in [-0.2, 0) is 16.0 Å². The molecule has 1 N–H and O–H groups in total. The lowest BCUT2D eigenvalue weighted by Gasteiger charge is -2.06. The summed E-state index contributed by atoms with van der Waals surface area (Å²) in [5, 5.41) is 14.0. The van der Waals surface area contributed by atoms with Crippen molar-refractivity contribution in [1.29, 1.82) is 0 Å². The van der Waals surface area contributed by atoms with Crippen molar-refractivity contribution in [3.05, 3.63) is 38.3 Å². The molecule has 0 amide bonds. The number of halogens is 1. The second-order valence-electron chi connectivity index (χ2n) is 4.18. The molecule has 1 aromatic carbocycles. The van der Waals surface area contributed by atoms with Crippen LogP contribution in [0.1, 0.15) is 12.0 Å². The van der Waals surface area contributed by atoms with Crippen LogP contribution in [0.4, 0.5) is 5.69 Å². The molecule has 0 saturated carbocycles. The zero-order valence-electron chi connectivity index (χ0n) is 11.4. The van der Waals surface area contributed by atoms with Crippen LogP contribution in [0, 0.1) is 10.1 Å². The van der Waals surface area contributed by atoms with Gasteiger partial charge in [-0.3, -0.25) is 10.1 Å². The molecule has 0 bridgehead atoms. The first-order chi connectivity index (χ1) is 9.65. The van der Waals surface area contributed by atoms with Crippen LogP contribution in [0.15, 0.2) is 22.7 Å². The smallest absolute Gasteiger partial charge is 0.283 e. The van der Waals surface area contributed by atoms with Gasteiger partial charge in [0.05, 0.1) is 22.6 Å². The van der Waals surface area contributed by atoms with Crippen molar-refractivity contribution >= 4 is 21.6 Å². The molecule has 0 fully saturated rings. The fourth-order valence-corrected chi connectivity index (χ4v) is 1.98. The Morgan fingerprint density at radius 1 is 1.35 bits per heavy atom. The largest absolute Gasteiger partial charge is 0.382 e. The fraction of sp³-hybridized carbons (Fsp3) is 0.538. The van der Waals surface area contributed by atoms with Gasteiger partial charge in [0.1, 0.15) is 0 Å². The molecule has 0 aromatic heterocycles. The Morgan fingerprint density at radius 2 is 2.15 bits per heavy atom. The topological polar surface area (TPSA) is 73.6 Å². The SMILES string of the molecule is COCCOCCCNCc1ccc(Br)c([N+](=O)[O-])c1. The van der Waals surface area contributed by atoms with Gasteiger partial charge in [0.2, 0.25) is 0 Å². The Bertz CT molecular complexity index is 429. The third-order valence-corrected chi connectivity index (χ3v) is 3.28. The molecular weight excluding hydrogens is 328 g/mol. The molecule has 6 nitrogen and oxygen atoms in total. The highest BCUT2D eigenvalue weighted by Gasteiger charge is 2.11. The minimum atomic E-state index is -0.392. The van der Waals surface area contributed by atoms with E-state index in [0.29, 0.717) is 30.8 Å². The summed E-state index contributed by atoms with van der Waals surface area (Å²) in [5.41, 5.74) is 0.979. The van der Waals surface area contributed by atoms with Gasteiger partial charge in [-0.1, -0.05) is 6.07 Å². The van der Waals surface area contributed by atoms with Crippen LogP contribution in [0.25, 0.3) is 0 Å². The zero-order chi connectivity index (χ0) is 14.8. The van der Waals surface area contributed by atoms with Crippen LogP contribution < -0.4 is 5.32 Å². The number of nitrogens with zero attached hydrogens (tertiary/aromatic N) is 1. The van der Waals surface area contributed by atoms with Gasteiger partial charge in [-0.2, -0.15) is 0 Å². The maximum Gasteiger partial charge on any atom is 0.283 e. The third-order valence-electron chi connectivity index (χ3n) is 2.61. The van der Waals surface area contributed by atoms with E-state index in [9.17, 15) is 10.1 Å². The van der Waals surface area contributed by atoms with E-state index >= 15 is 0 Å². The predicted molar refractivity (Wildman–Crippen MR) is 79.8 cm³/mol. The van der Waals surface area contributed by atoms with E-state index < -0.39 is 4.92 Å². The van der Waals surface area contributed by atoms with Crippen molar-refractivity contribution in [1.82, 2.24) is 5.32 Å². The second-order valence-corrected chi connectivity index (χ2v) is 5.03. The molecule has 0 radical (unpaired) electrons. The number of rotatable bonds is 10. The van der Waals surface area contributed by atoms with Crippen molar-refractivity contribution in [2.24, 2.45) is 0 Å². The van der Waals surface area contributed by atoms with Gasteiger partial charge in [-0.15, -0.1) is 0 Å². The van der Waals surface area contributed by atoms with Crippen molar-refractivity contribution in [2.75, 3.05) is 33.5 Å². The summed E-state index contributed by atoms with van der Waals surface area (Å²) >= 11 is 3.17. The molecule has 0 spiro atoms. The summed E-state index contributed by atoms with van der Waals surface area (Å²) in [7, 11) is 1.64. The van der Waals surface area contributed by atoms with Gasteiger partial charge < -0.3 is 14.8 Å². The van der Waals surface area contributed by atoms with E-state index in [1.807, 2.05) is 6.07 Å². The number of ether oxygens (including phenoxy) is 2. The molecule has 0 aliphatic rings. The highest BCUT2D eigenvalue weighted by Crippen LogP contribution is 2.25. The van der Waals surface area contributed by atoms with E-state index in [1.54, 1.807) is 19.2 Å². The summed E-state index contributed by atoms with van der Waals surface area (Å²) in [6.07, 6.45) is 0.891. The van der Waals surface area contributed by atoms with Crippen molar-refractivity contribution in [2.45, 2.75) is 13.0 Å². The first-order valence-corrected chi connectivity index (χ1v) is 7.14. The zero-order valence-corrected chi connectivity index (χ0v) is 13.0. The predicted octanol–water partition coefficient (Wildman–Crippen LogP) is 2.50. The first kappa shape index (κ1) is 17.0. The quantitative estimate of drug-likeness (QED) is 0.400. The lowest BCUT2D eigenvalue weighted by atomic mass is 10.2. The van der Waals surface area contributed by atoms with Gasteiger partial charge in [-0.25, -0.2) is 0 Å². The van der Waals surface area contributed by atoms with Crippen molar-refractivity contribution in [3.8, 4) is 0 Å². The van der Waals surface area contributed by atoms with Crippen LogP contribution in [0.3, 0.4) is 0 Å². The van der Waals surface area contributed by atoms with Gasteiger partial charge in [0.15, 0.2) is 0 Å². The molecule has 0 aliphatic carbocycles. The van der Waals surface area contributed by atoms with Gasteiger partial charge in [0.25, 0.3) is 5.69 Å². The maximum absolute atomic E-state index is 10.8. The standard InChI is InChI=1S/C13H19BrN2O4/c1-19-7-8-20-6-2-5-15-10-11-3-4-12(14)13(9-11)16(17)18/h3-4,9,15H,2,5-8,10H2,1H3. The minimum absolute atomic E-state index is 0.0900. The number of nitrogens with one attached hydrogen (secondary N) is 1. The summed E-state index contributed by atoms with van der Waals surface area (Å²) in [5.74, 6) is 0. The van der Waals surface area contributed by atoms with Crippen LogP contribution in [-0.4, -0.2) is 38.4 Å². The van der Waals surface area contributed by atoms with Crippen LogP contribution in [0.5, 0.6) is 0 Å². The minimum Gasteiger partial charge on any atom is -0.382 e. The number of nitro groups is 1. The summed E-state index contributed by atoms with van der Waals surface area (Å²) in [4.78, 5) is 10.4. The van der Waals surface area contributed by atoms with E-state index in [2.05, 4.69) is 21.2 Å². The number of hydrogen-bond donors (Lipinski definition) is 1. The lowest BCUT2D eigenvalue weighted by molar-refractivity contribution is -0.385. The average Bonchev–Trinajstić information content (AvgIpc) is 2.43. The van der Waals surface area contributed by atoms with E-state index in [0.717, 1.165) is 18.5 Å². The Morgan fingerprint density at radius 3 is 2.85 bits per heavy atom. The Labute approximate surface area is 126 Å². The van der Waals surface area contributed by atoms with E-state index in [-0.39, 0.29) is 5.69 Å². The third kappa shape index (κ3) is 6.42. The Kier molecular flexibility index (Phi) is 8.36. The Balaban J connectivity index is 2.22. The molecule has 1 aromatic rings. The maximum atomic E-state index is 10.8. The van der Waals surface area contributed by atoms with Gasteiger partial charge in [0, 0.05) is 26.3 Å². The lowest BCUT2D eigenvalue weighted by Crippen LogP contribution is -2.17. The van der Waals surface area contributed by atoms with Crippen molar-refractivity contribution in [3.63, 3.8) is 0 Å². The molecule has 7 heteroatoms. The van der Waals surface area contributed by atoms with Crippen molar-refractivity contribution < 1.29 is 14.4 Å². The molecular formula is C13H19BrN2O4. The number of methoxy groups -OCH3 is 1. The fourth-order valence-electron chi connectivity index (χ4n) is 1.58. The van der Waals surface area contributed by atoms with E-state index in [4.69, 9.17) is 9.47 Å². The Hall–Kier alpha value is -1.02. The highest BCUT2D eigenvalue weighted by molar-refractivity contribution is 9.10. The molecule has 0 aliphatic heterocycles. The molecule has 0 atom stereocenters. The molecule has 0 heterocycles. The van der Waals surface area contributed by atoms with Crippen LogP contribution >= 0.6 is 15.9 Å².